The molecule has 0 heterocycles. The largest absolute Gasteiger partial charge is 0.114 e. The van der Waals surface area contributed by atoms with Crippen LogP contribution in [0.1, 0.15) is 13.8 Å². The maximum absolute atomic E-state index is 5.26. The number of hydrogen-bond acceptors (Lipinski definition) is 0. The molecule has 0 saturated heterocycles. The zero-order valence-electron chi connectivity index (χ0n) is 7.05. The van der Waals surface area contributed by atoms with Crippen LogP contribution >= 0.6 is 15.2 Å². The monoisotopic (exact) mass is 190 g/mol. The molecule has 12 heavy (non-hydrogen) atoms. The maximum Gasteiger partial charge on any atom is 0.0994 e. The predicted octanol–water partition coefficient (Wildman–Crippen LogP) is 3.01. The normalized spacial score (nSPS) is 7.17. The van der Waals surface area contributed by atoms with Gasteiger partial charge >= 0.3 is 0 Å². The lowest BCUT2D eigenvalue weighted by Crippen LogP contribution is -1.62. The maximum atomic E-state index is 5.26. The summed E-state index contributed by atoms with van der Waals surface area (Å²) in [4.78, 5) is 0. The Kier molecular flexibility index (Phi) is 6.28. The van der Waals surface area contributed by atoms with E-state index in [2.05, 4.69) is 34.5 Å². The predicted molar refractivity (Wildman–Crippen MR) is 58.4 cm³/mol. The fraction of sp³-hybridized carbons (Fsp3) is 0.200. The highest BCUT2D eigenvalue weighted by atomic mass is 32.1. The van der Waals surface area contributed by atoms with Crippen molar-refractivity contribution in [2.75, 3.05) is 0 Å². The van der Waals surface area contributed by atoms with Gasteiger partial charge in [-0.2, -0.15) is 0 Å². The van der Waals surface area contributed by atoms with E-state index in [9.17, 15) is 0 Å². The molecular formula is C10H8P2. The summed E-state index contributed by atoms with van der Waals surface area (Å²) >= 11 is 0. The minimum Gasteiger partial charge on any atom is -0.114 e. The minimum absolute atomic E-state index is 0.754. The van der Waals surface area contributed by atoms with E-state index in [0.717, 1.165) is 0 Å². The van der Waals surface area contributed by atoms with Crippen molar-refractivity contribution in [2.45, 2.75) is 13.8 Å². The minimum atomic E-state index is -0.858. The molecule has 58 valence electrons. The van der Waals surface area contributed by atoms with Crippen LogP contribution in [0.5, 0.6) is 0 Å². The van der Waals surface area contributed by atoms with Gasteiger partial charge in [0.25, 0.3) is 0 Å². The van der Waals surface area contributed by atoms with E-state index >= 15 is 0 Å². The van der Waals surface area contributed by atoms with Crippen molar-refractivity contribution in [3.05, 3.63) is 0 Å². The fourth-order valence-corrected chi connectivity index (χ4v) is 3.37. The highest BCUT2D eigenvalue weighted by molar-refractivity contribution is 8.37. The molecular weight excluding hydrogens is 182 g/mol. The molecule has 0 aromatic heterocycles. The van der Waals surface area contributed by atoms with Gasteiger partial charge in [0.2, 0.25) is 0 Å². The van der Waals surface area contributed by atoms with Gasteiger partial charge in [0.15, 0.2) is 0 Å². The third kappa shape index (κ3) is 3.48. The second-order valence-electron chi connectivity index (χ2n) is 1.61. The summed E-state index contributed by atoms with van der Waals surface area (Å²) in [6, 6.07) is 0. The molecule has 0 saturated carbocycles. The van der Waals surface area contributed by atoms with E-state index in [1.807, 2.05) is 0 Å². The molecule has 0 aromatic carbocycles. The van der Waals surface area contributed by atoms with Crippen molar-refractivity contribution in [3.63, 3.8) is 0 Å². The van der Waals surface area contributed by atoms with Gasteiger partial charge in [-0.3, -0.25) is 0 Å². The van der Waals surface area contributed by atoms with Crippen LogP contribution in [-0.4, -0.2) is 0 Å². The highest BCUT2D eigenvalue weighted by Gasteiger charge is 2.11. The quantitative estimate of drug-likeness (QED) is 0.440. The summed E-state index contributed by atoms with van der Waals surface area (Å²) in [5, 5.41) is 0. The summed E-state index contributed by atoms with van der Waals surface area (Å²) < 4.78 is 0. The van der Waals surface area contributed by atoms with Gasteiger partial charge in [0.1, 0.15) is 0 Å². The van der Waals surface area contributed by atoms with E-state index in [0.29, 0.717) is 0 Å². The standard InChI is InChI=1S/C10H8P2/c1-5-9-12(10-6-2)11(7-3)8-4/h3-4H,1-2H3. The van der Waals surface area contributed by atoms with Gasteiger partial charge < -0.3 is 0 Å². The third-order valence-electron chi connectivity index (χ3n) is 0.880. The van der Waals surface area contributed by atoms with Crippen molar-refractivity contribution < 1.29 is 0 Å². The Balaban J connectivity index is 4.69. The average Bonchev–Trinajstić information content (AvgIpc) is 2.07. The van der Waals surface area contributed by atoms with Crippen molar-refractivity contribution >= 4 is 15.2 Å². The molecule has 0 aromatic rings. The fourth-order valence-electron chi connectivity index (χ4n) is 0.492. The molecule has 2 heteroatoms. The summed E-state index contributed by atoms with van der Waals surface area (Å²) in [7, 11) is -1.61. The first-order valence-corrected chi connectivity index (χ1v) is 6.56. The van der Waals surface area contributed by atoms with Gasteiger partial charge in [-0.1, -0.05) is 22.6 Å². The Morgan fingerprint density at radius 2 is 1.25 bits per heavy atom. The van der Waals surface area contributed by atoms with Gasteiger partial charge in [0.05, 0.1) is 15.2 Å². The van der Waals surface area contributed by atoms with Crippen LogP contribution in [-0.2, 0) is 0 Å². The molecule has 0 amide bonds. The number of hydrogen-bond donors (Lipinski definition) is 0. The molecule has 0 aliphatic carbocycles. The zero-order chi connectivity index (χ0) is 9.40. The molecule has 0 aliphatic rings. The molecule has 0 unspecified atom stereocenters. The average molecular weight is 190 g/mol. The molecule has 0 spiro atoms. The lowest BCUT2D eigenvalue weighted by molar-refractivity contribution is 1.93. The second-order valence-corrected chi connectivity index (χ2v) is 6.22. The van der Waals surface area contributed by atoms with E-state index in [1.54, 1.807) is 13.8 Å². The molecule has 0 bridgehead atoms. The van der Waals surface area contributed by atoms with E-state index in [4.69, 9.17) is 12.8 Å². The van der Waals surface area contributed by atoms with Gasteiger partial charge in [0, 0.05) is 0 Å². The summed E-state index contributed by atoms with van der Waals surface area (Å²) in [5.74, 6) is 5.61. The Bertz CT molecular complexity index is 298. The molecule has 0 N–H and O–H groups in total. The Labute approximate surface area is 76.9 Å². The van der Waals surface area contributed by atoms with Crippen molar-refractivity contribution in [3.8, 4) is 47.3 Å². The SMILES string of the molecule is C#CP(C#C)P(C#CC)C#CC. The smallest absolute Gasteiger partial charge is 0.0994 e. The van der Waals surface area contributed by atoms with Crippen LogP contribution in [0.15, 0.2) is 0 Å². The Hall–Kier alpha value is -0.900. The van der Waals surface area contributed by atoms with Crippen LogP contribution < -0.4 is 0 Å². The van der Waals surface area contributed by atoms with Crippen LogP contribution in [0.25, 0.3) is 0 Å². The lowest BCUT2D eigenvalue weighted by atomic mass is 10.8. The lowest BCUT2D eigenvalue weighted by Gasteiger charge is -2.03. The summed E-state index contributed by atoms with van der Waals surface area (Å²) in [6.45, 7) is 3.54. The van der Waals surface area contributed by atoms with E-state index in [1.165, 1.54) is 0 Å². The van der Waals surface area contributed by atoms with Crippen molar-refractivity contribution in [1.29, 1.82) is 0 Å². The molecule has 0 atom stereocenters. The first-order valence-electron chi connectivity index (χ1n) is 3.17. The van der Waals surface area contributed by atoms with Crippen molar-refractivity contribution in [2.24, 2.45) is 0 Å². The Morgan fingerprint density at radius 3 is 1.50 bits per heavy atom. The molecule has 0 fully saturated rings. The van der Waals surface area contributed by atoms with E-state index < -0.39 is 15.2 Å². The zero-order valence-corrected chi connectivity index (χ0v) is 8.84. The second kappa shape index (κ2) is 6.79. The van der Waals surface area contributed by atoms with Crippen LogP contribution in [0.4, 0.5) is 0 Å². The van der Waals surface area contributed by atoms with E-state index in [-0.39, 0.29) is 0 Å². The first kappa shape index (κ1) is 11.1. The number of rotatable bonds is 1. The van der Waals surface area contributed by atoms with Crippen LogP contribution in [0, 0.1) is 47.3 Å². The Morgan fingerprint density at radius 1 is 0.833 bits per heavy atom. The molecule has 0 aliphatic heterocycles. The van der Waals surface area contributed by atoms with Gasteiger partial charge in [-0.25, -0.2) is 0 Å². The summed E-state index contributed by atoms with van der Waals surface area (Å²) in [6.07, 6.45) is 10.5. The van der Waals surface area contributed by atoms with Gasteiger partial charge in [-0.15, -0.1) is 24.7 Å². The van der Waals surface area contributed by atoms with Crippen LogP contribution in [0.3, 0.4) is 0 Å². The topological polar surface area (TPSA) is 0 Å². The van der Waals surface area contributed by atoms with Crippen LogP contribution in [0.2, 0.25) is 0 Å². The third-order valence-corrected chi connectivity index (χ3v) is 5.13. The highest BCUT2D eigenvalue weighted by Crippen LogP contribution is 2.66. The number of terminal acetylenes is 2. The molecule has 0 radical (unpaired) electrons. The first-order chi connectivity index (χ1) is 5.79. The molecule has 0 nitrogen and oxygen atoms in total. The molecule has 0 rings (SSSR count). The summed E-state index contributed by atoms with van der Waals surface area (Å²) in [5.41, 5.74) is 11.1. The van der Waals surface area contributed by atoms with Crippen molar-refractivity contribution in [1.82, 2.24) is 0 Å². The van der Waals surface area contributed by atoms with Gasteiger partial charge in [-0.05, 0) is 13.8 Å².